The molecule has 0 radical (unpaired) electrons. The first-order chi connectivity index (χ1) is 13.4. The summed E-state index contributed by atoms with van der Waals surface area (Å²) in [7, 11) is -1.96. The normalized spacial score (nSPS) is 13.2. The van der Waals surface area contributed by atoms with E-state index >= 15 is 0 Å². The van der Waals surface area contributed by atoms with Gasteiger partial charge in [0, 0.05) is 18.4 Å². The molecular formula is C22H28FNO4S. The Morgan fingerprint density at radius 2 is 1.90 bits per heavy atom. The maximum Gasteiger partial charge on any atom is 0.255 e. The SMILES string of the molecule is COC(C)(C)CC(C)CS(=O)(=O)c1cccc(C(=O)Nc2ccc(F)c(C)c2)c1. The smallest absolute Gasteiger partial charge is 0.255 e. The predicted octanol–water partition coefficient (Wildman–Crippen LogP) is 4.61. The largest absolute Gasteiger partial charge is 0.379 e. The van der Waals surface area contributed by atoms with Crippen LogP contribution < -0.4 is 5.32 Å². The van der Waals surface area contributed by atoms with Gasteiger partial charge in [0.2, 0.25) is 0 Å². The average molecular weight is 422 g/mol. The molecule has 0 saturated heterocycles. The molecule has 7 heteroatoms. The molecule has 1 amide bonds. The van der Waals surface area contributed by atoms with Crippen LogP contribution in [-0.2, 0) is 14.6 Å². The van der Waals surface area contributed by atoms with E-state index < -0.39 is 21.3 Å². The fraction of sp³-hybridized carbons (Fsp3) is 0.409. The fourth-order valence-corrected chi connectivity index (χ4v) is 4.86. The molecule has 158 valence electrons. The lowest BCUT2D eigenvalue weighted by molar-refractivity contribution is 0.00600. The number of anilines is 1. The standard InChI is InChI=1S/C22H28FNO4S/c1-15(13-22(3,4)28-5)14-29(26,27)19-8-6-7-17(12-19)21(25)24-18-9-10-20(23)16(2)11-18/h6-12,15H,13-14H2,1-5H3,(H,24,25). The van der Waals surface area contributed by atoms with Crippen molar-refractivity contribution < 1.29 is 22.3 Å². The van der Waals surface area contributed by atoms with Gasteiger partial charge in [-0.15, -0.1) is 0 Å². The molecule has 1 unspecified atom stereocenters. The van der Waals surface area contributed by atoms with Crippen LogP contribution in [0.4, 0.5) is 10.1 Å². The number of halogens is 1. The third-order valence-corrected chi connectivity index (χ3v) is 6.75. The van der Waals surface area contributed by atoms with Gasteiger partial charge in [0.15, 0.2) is 9.84 Å². The van der Waals surface area contributed by atoms with Crippen LogP contribution in [-0.4, -0.2) is 32.8 Å². The first-order valence-electron chi connectivity index (χ1n) is 9.39. The number of methoxy groups -OCH3 is 1. The lowest BCUT2D eigenvalue weighted by atomic mass is 9.96. The van der Waals surface area contributed by atoms with E-state index in [1.807, 2.05) is 20.8 Å². The molecule has 5 nitrogen and oxygen atoms in total. The Morgan fingerprint density at radius 3 is 2.52 bits per heavy atom. The molecule has 0 bridgehead atoms. The van der Waals surface area contributed by atoms with Crippen LogP contribution in [0.1, 0.15) is 43.1 Å². The Labute approximate surface area is 172 Å². The molecule has 0 aliphatic rings. The highest BCUT2D eigenvalue weighted by atomic mass is 32.2. The van der Waals surface area contributed by atoms with Gasteiger partial charge in [-0.25, -0.2) is 12.8 Å². The van der Waals surface area contributed by atoms with Crippen molar-refractivity contribution in [3.63, 3.8) is 0 Å². The Morgan fingerprint density at radius 1 is 1.21 bits per heavy atom. The molecule has 0 aliphatic heterocycles. The summed E-state index contributed by atoms with van der Waals surface area (Å²) in [5.74, 6) is -0.972. The number of ether oxygens (including phenoxy) is 1. The number of hydrogen-bond acceptors (Lipinski definition) is 4. The number of amides is 1. The predicted molar refractivity (Wildman–Crippen MR) is 112 cm³/mol. The number of carbonyl (C=O) groups excluding carboxylic acids is 1. The van der Waals surface area contributed by atoms with Gasteiger partial charge in [-0.05, 0) is 75.1 Å². The van der Waals surface area contributed by atoms with Crippen LogP contribution in [0.3, 0.4) is 0 Å². The number of hydrogen-bond donors (Lipinski definition) is 1. The Bertz CT molecular complexity index is 986. The zero-order chi connectivity index (χ0) is 21.8. The number of carbonyl (C=O) groups is 1. The number of nitrogens with one attached hydrogen (secondary N) is 1. The first kappa shape index (κ1) is 23.0. The Kier molecular flexibility index (Phi) is 7.19. The number of sulfone groups is 1. The average Bonchev–Trinajstić information content (AvgIpc) is 2.64. The maximum absolute atomic E-state index is 13.4. The Balaban J connectivity index is 2.16. The minimum Gasteiger partial charge on any atom is -0.379 e. The van der Waals surface area contributed by atoms with E-state index in [2.05, 4.69) is 5.32 Å². The summed E-state index contributed by atoms with van der Waals surface area (Å²) in [4.78, 5) is 12.6. The minimum absolute atomic E-state index is 0.0397. The van der Waals surface area contributed by atoms with E-state index in [1.165, 1.54) is 30.3 Å². The third kappa shape index (κ3) is 6.37. The van der Waals surface area contributed by atoms with Gasteiger partial charge < -0.3 is 10.1 Å². The number of benzene rings is 2. The summed E-state index contributed by atoms with van der Waals surface area (Å²) in [6.07, 6.45) is 0.590. The van der Waals surface area contributed by atoms with Crippen LogP contribution in [0.25, 0.3) is 0 Å². The summed E-state index contributed by atoms with van der Waals surface area (Å²) in [5, 5.41) is 2.67. The van der Waals surface area contributed by atoms with E-state index in [4.69, 9.17) is 4.74 Å². The quantitative estimate of drug-likeness (QED) is 0.676. The first-order valence-corrected chi connectivity index (χ1v) is 11.0. The molecule has 1 N–H and O–H groups in total. The topological polar surface area (TPSA) is 72.5 Å². The van der Waals surface area contributed by atoms with Gasteiger partial charge in [0.05, 0.1) is 16.2 Å². The van der Waals surface area contributed by atoms with Gasteiger partial charge in [0.1, 0.15) is 5.82 Å². The van der Waals surface area contributed by atoms with Crippen LogP contribution in [0.15, 0.2) is 47.4 Å². The number of aryl methyl sites for hydroxylation is 1. The summed E-state index contributed by atoms with van der Waals surface area (Å²) in [5.41, 5.74) is 0.659. The van der Waals surface area contributed by atoms with Crippen LogP contribution in [0.5, 0.6) is 0 Å². The lowest BCUT2D eigenvalue weighted by Crippen LogP contribution is -2.28. The molecule has 0 aliphatic carbocycles. The molecule has 2 aromatic carbocycles. The second-order valence-corrected chi connectivity index (χ2v) is 10.0. The highest BCUT2D eigenvalue weighted by Crippen LogP contribution is 2.24. The van der Waals surface area contributed by atoms with Crippen molar-refractivity contribution in [3.8, 4) is 0 Å². The van der Waals surface area contributed by atoms with Crippen molar-refractivity contribution in [2.45, 2.75) is 44.6 Å². The maximum atomic E-state index is 13.4. The van der Waals surface area contributed by atoms with Crippen LogP contribution in [0, 0.1) is 18.7 Å². The van der Waals surface area contributed by atoms with Crippen LogP contribution in [0.2, 0.25) is 0 Å². The van der Waals surface area contributed by atoms with Crippen LogP contribution >= 0.6 is 0 Å². The van der Waals surface area contributed by atoms with E-state index in [0.29, 0.717) is 17.7 Å². The zero-order valence-electron chi connectivity index (χ0n) is 17.5. The number of rotatable bonds is 8. The van der Waals surface area contributed by atoms with Gasteiger partial charge in [-0.2, -0.15) is 0 Å². The minimum atomic E-state index is -3.57. The second-order valence-electron chi connectivity index (χ2n) is 8.00. The van der Waals surface area contributed by atoms with Gasteiger partial charge in [0.25, 0.3) is 5.91 Å². The third-order valence-electron chi connectivity index (χ3n) is 4.77. The van der Waals surface area contributed by atoms with E-state index in [9.17, 15) is 17.6 Å². The van der Waals surface area contributed by atoms with Gasteiger partial charge >= 0.3 is 0 Å². The molecule has 2 rings (SSSR count). The molecule has 0 heterocycles. The molecule has 29 heavy (non-hydrogen) atoms. The zero-order valence-corrected chi connectivity index (χ0v) is 18.3. The Hall–Kier alpha value is -2.25. The van der Waals surface area contributed by atoms with Crippen molar-refractivity contribution in [1.82, 2.24) is 0 Å². The van der Waals surface area contributed by atoms with Crippen molar-refractivity contribution in [2.75, 3.05) is 18.2 Å². The highest BCUT2D eigenvalue weighted by Gasteiger charge is 2.25. The summed E-state index contributed by atoms with van der Waals surface area (Å²) in [6, 6.07) is 10.2. The van der Waals surface area contributed by atoms with Crippen molar-refractivity contribution in [3.05, 3.63) is 59.4 Å². The van der Waals surface area contributed by atoms with Crippen molar-refractivity contribution in [2.24, 2.45) is 5.92 Å². The monoisotopic (exact) mass is 421 g/mol. The van der Waals surface area contributed by atoms with E-state index in [0.717, 1.165) is 0 Å². The van der Waals surface area contributed by atoms with E-state index in [-0.39, 0.29) is 27.9 Å². The second kappa shape index (κ2) is 9.05. The molecule has 0 saturated carbocycles. The lowest BCUT2D eigenvalue weighted by Gasteiger charge is -2.26. The summed E-state index contributed by atoms with van der Waals surface area (Å²) >= 11 is 0. The highest BCUT2D eigenvalue weighted by molar-refractivity contribution is 7.91. The molecule has 0 aromatic heterocycles. The fourth-order valence-electron chi connectivity index (χ4n) is 3.21. The molecular weight excluding hydrogens is 393 g/mol. The van der Waals surface area contributed by atoms with Crippen molar-refractivity contribution >= 4 is 21.4 Å². The van der Waals surface area contributed by atoms with Gasteiger partial charge in [-0.1, -0.05) is 13.0 Å². The van der Waals surface area contributed by atoms with E-state index in [1.54, 1.807) is 26.2 Å². The molecule has 0 spiro atoms. The summed E-state index contributed by atoms with van der Waals surface area (Å²) < 4.78 is 44.4. The molecule has 2 aromatic rings. The van der Waals surface area contributed by atoms with Crippen molar-refractivity contribution in [1.29, 1.82) is 0 Å². The summed E-state index contributed by atoms with van der Waals surface area (Å²) in [6.45, 7) is 7.30. The molecule has 1 atom stereocenters. The van der Waals surface area contributed by atoms with Gasteiger partial charge in [-0.3, -0.25) is 4.79 Å². The molecule has 0 fully saturated rings.